The molecule has 1 amide bonds. The third kappa shape index (κ3) is 8.11. The van der Waals surface area contributed by atoms with Gasteiger partial charge in [-0.25, -0.2) is 4.39 Å². The van der Waals surface area contributed by atoms with Crippen molar-refractivity contribution in [1.29, 1.82) is 0 Å². The highest BCUT2D eigenvalue weighted by atomic mass is 35.5. The van der Waals surface area contributed by atoms with Crippen molar-refractivity contribution in [3.05, 3.63) is 70.8 Å². The first-order valence-corrected chi connectivity index (χ1v) is 11.9. The standard InChI is InChI=1S/C25H29ClFN5O4/c1-36-10-2-9-28-14-18(25(34)35)12-20(30-24(33)23-15-29-32-31-23)11-16-3-5-17(6-4-16)21-13-19(26)7-8-22(21)27/h3-8,13,15,18,20,28H,2,9-12,14H2,1H3,(H,30,33)(H,34,35)(H,29,31,32). The van der Waals surface area contributed by atoms with Gasteiger partial charge >= 0.3 is 5.97 Å². The number of carboxylic acids is 1. The van der Waals surface area contributed by atoms with Crippen molar-refractivity contribution in [2.45, 2.75) is 25.3 Å². The predicted octanol–water partition coefficient (Wildman–Crippen LogP) is 3.32. The first-order valence-electron chi connectivity index (χ1n) is 11.5. The molecule has 3 rings (SSSR count). The van der Waals surface area contributed by atoms with E-state index in [0.29, 0.717) is 35.7 Å². The summed E-state index contributed by atoms with van der Waals surface area (Å²) in [4.78, 5) is 24.6. The van der Waals surface area contributed by atoms with Crippen molar-refractivity contribution >= 4 is 23.5 Å². The number of aromatic amines is 1. The quantitative estimate of drug-likeness (QED) is 0.241. The van der Waals surface area contributed by atoms with E-state index in [4.69, 9.17) is 16.3 Å². The summed E-state index contributed by atoms with van der Waals surface area (Å²) in [6.07, 6.45) is 2.62. The molecule has 3 aromatic rings. The molecule has 0 radical (unpaired) electrons. The minimum absolute atomic E-state index is 0.108. The summed E-state index contributed by atoms with van der Waals surface area (Å²) in [5.74, 6) is -2.52. The molecular weight excluding hydrogens is 489 g/mol. The molecule has 4 N–H and O–H groups in total. The average molecular weight is 518 g/mol. The van der Waals surface area contributed by atoms with Crippen LogP contribution in [0, 0.1) is 11.7 Å². The average Bonchev–Trinajstić information content (AvgIpc) is 3.40. The summed E-state index contributed by atoms with van der Waals surface area (Å²) in [6.45, 7) is 1.45. The lowest BCUT2D eigenvalue weighted by molar-refractivity contribution is -0.142. The van der Waals surface area contributed by atoms with E-state index in [2.05, 4.69) is 26.0 Å². The van der Waals surface area contributed by atoms with Crippen molar-refractivity contribution in [3.63, 3.8) is 0 Å². The maximum atomic E-state index is 14.2. The minimum Gasteiger partial charge on any atom is -0.481 e. The zero-order valence-corrected chi connectivity index (χ0v) is 20.6. The lowest BCUT2D eigenvalue weighted by Gasteiger charge is -2.23. The molecule has 0 fully saturated rings. The van der Waals surface area contributed by atoms with Gasteiger partial charge < -0.3 is 20.5 Å². The normalized spacial score (nSPS) is 12.8. The molecule has 0 saturated heterocycles. The number of H-pyrrole nitrogens is 1. The van der Waals surface area contributed by atoms with Gasteiger partial charge in [0.05, 0.1) is 12.1 Å². The smallest absolute Gasteiger partial charge is 0.307 e. The number of carbonyl (C=O) groups excluding carboxylic acids is 1. The third-order valence-corrected chi connectivity index (χ3v) is 5.90. The Morgan fingerprint density at radius 1 is 1.22 bits per heavy atom. The number of nitrogens with one attached hydrogen (secondary N) is 3. The van der Waals surface area contributed by atoms with Gasteiger partial charge in [-0.05, 0) is 55.1 Å². The molecule has 1 heterocycles. The number of aromatic nitrogens is 3. The molecule has 0 saturated carbocycles. The summed E-state index contributed by atoms with van der Waals surface area (Å²) < 4.78 is 19.3. The monoisotopic (exact) mass is 517 g/mol. The van der Waals surface area contributed by atoms with Gasteiger partial charge in [0.15, 0.2) is 5.69 Å². The van der Waals surface area contributed by atoms with Gasteiger partial charge in [-0.2, -0.15) is 15.4 Å². The lowest BCUT2D eigenvalue weighted by atomic mass is 9.93. The van der Waals surface area contributed by atoms with Crippen LogP contribution in [0.3, 0.4) is 0 Å². The number of ether oxygens (including phenoxy) is 1. The van der Waals surface area contributed by atoms with E-state index in [9.17, 15) is 19.1 Å². The second-order valence-electron chi connectivity index (χ2n) is 8.37. The molecule has 0 spiro atoms. The summed E-state index contributed by atoms with van der Waals surface area (Å²) in [7, 11) is 1.61. The van der Waals surface area contributed by atoms with Gasteiger partial charge in [0, 0.05) is 36.9 Å². The number of hydrogen-bond donors (Lipinski definition) is 4. The summed E-state index contributed by atoms with van der Waals surface area (Å²) >= 11 is 6.01. The molecule has 2 aromatic carbocycles. The van der Waals surface area contributed by atoms with Gasteiger partial charge in [-0.3, -0.25) is 9.59 Å². The third-order valence-electron chi connectivity index (χ3n) is 5.67. The molecule has 9 nitrogen and oxygen atoms in total. The van der Waals surface area contributed by atoms with Crippen LogP contribution in [0.1, 0.15) is 28.9 Å². The Morgan fingerprint density at radius 2 is 2.00 bits per heavy atom. The second-order valence-corrected chi connectivity index (χ2v) is 8.81. The van der Waals surface area contributed by atoms with E-state index in [0.717, 1.165) is 12.0 Å². The number of aliphatic carboxylic acids is 1. The van der Waals surface area contributed by atoms with Gasteiger partial charge in [-0.15, -0.1) is 0 Å². The van der Waals surface area contributed by atoms with Crippen LogP contribution in [0.2, 0.25) is 5.02 Å². The van der Waals surface area contributed by atoms with Crippen molar-refractivity contribution in [2.24, 2.45) is 5.92 Å². The Morgan fingerprint density at radius 3 is 2.67 bits per heavy atom. The Bertz CT molecular complexity index is 1130. The second kappa shape index (κ2) is 13.7. The molecule has 11 heteroatoms. The number of hydrogen-bond acceptors (Lipinski definition) is 6. The van der Waals surface area contributed by atoms with E-state index in [1.54, 1.807) is 25.3 Å². The molecule has 2 unspecified atom stereocenters. The molecular formula is C25H29ClFN5O4. The predicted molar refractivity (Wildman–Crippen MR) is 133 cm³/mol. The Balaban J connectivity index is 1.73. The maximum absolute atomic E-state index is 14.2. The molecule has 192 valence electrons. The van der Waals surface area contributed by atoms with E-state index in [1.807, 2.05) is 12.1 Å². The summed E-state index contributed by atoms with van der Waals surface area (Å²) in [6, 6.07) is 11.1. The minimum atomic E-state index is -0.957. The topological polar surface area (TPSA) is 129 Å². The number of rotatable bonds is 14. The molecule has 0 aliphatic heterocycles. The molecule has 0 aliphatic carbocycles. The number of nitrogens with zero attached hydrogens (tertiary/aromatic N) is 2. The first kappa shape index (κ1) is 27.3. The highest BCUT2D eigenvalue weighted by Crippen LogP contribution is 2.26. The van der Waals surface area contributed by atoms with E-state index in [-0.39, 0.29) is 24.5 Å². The molecule has 36 heavy (non-hydrogen) atoms. The highest BCUT2D eigenvalue weighted by molar-refractivity contribution is 6.30. The van der Waals surface area contributed by atoms with Crippen LogP contribution in [0.15, 0.2) is 48.7 Å². The van der Waals surface area contributed by atoms with Gasteiger partial charge in [0.25, 0.3) is 5.91 Å². The maximum Gasteiger partial charge on any atom is 0.307 e. The van der Waals surface area contributed by atoms with Crippen LogP contribution in [0.25, 0.3) is 11.1 Å². The fourth-order valence-corrected chi connectivity index (χ4v) is 3.99. The number of benzene rings is 2. The molecule has 0 bridgehead atoms. The van der Waals surface area contributed by atoms with Crippen LogP contribution in [-0.2, 0) is 16.0 Å². The van der Waals surface area contributed by atoms with Crippen molar-refractivity contribution in [2.75, 3.05) is 26.8 Å². The van der Waals surface area contributed by atoms with Crippen LogP contribution in [0.4, 0.5) is 4.39 Å². The zero-order chi connectivity index (χ0) is 25.9. The first-order chi connectivity index (χ1) is 17.4. The van der Waals surface area contributed by atoms with Crippen molar-refractivity contribution in [3.8, 4) is 11.1 Å². The van der Waals surface area contributed by atoms with E-state index >= 15 is 0 Å². The Kier molecular flexibility index (Phi) is 10.3. The number of carbonyl (C=O) groups is 2. The van der Waals surface area contributed by atoms with E-state index in [1.165, 1.54) is 18.3 Å². The molecule has 0 aliphatic rings. The summed E-state index contributed by atoms with van der Waals surface area (Å²) in [5, 5.41) is 26.1. The highest BCUT2D eigenvalue weighted by Gasteiger charge is 2.25. The number of halogens is 2. The SMILES string of the molecule is COCCCNCC(CC(Cc1ccc(-c2cc(Cl)ccc2F)cc1)NC(=O)c1cn[nH]n1)C(=O)O. The van der Waals surface area contributed by atoms with Crippen LogP contribution in [0.5, 0.6) is 0 Å². The fraction of sp³-hybridized carbons (Fsp3) is 0.360. The molecule has 1 aromatic heterocycles. The van der Waals surface area contributed by atoms with Crippen molar-refractivity contribution < 1.29 is 23.8 Å². The Hall–Kier alpha value is -3.34. The van der Waals surface area contributed by atoms with Gasteiger partial charge in [-0.1, -0.05) is 35.9 Å². The number of methoxy groups -OCH3 is 1. The summed E-state index contributed by atoms with van der Waals surface area (Å²) in [5.41, 5.74) is 2.00. The van der Waals surface area contributed by atoms with Gasteiger partial charge in [0.1, 0.15) is 5.82 Å². The van der Waals surface area contributed by atoms with Gasteiger partial charge in [0.2, 0.25) is 0 Å². The van der Waals surface area contributed by atoms with Crippen LogP contribution < -0.4 is 10.6 Å². The van der Waals surface area contributed by atoms with Crippen molar-refractivity contribution in [1.82, 2.24) is 26.0 Å². The largest absolute Gasteiger partial charge is 0.481 e. The number of amides is 1. The number of carboxylic acid groups (broad SMARTS) is 1. The van der Waals surface area contributed by atoms with E-state index < -0.39 is 23.8 Å². The molecule has 2 atom stereocenters. The Labute approximate surface area is 213 Å². The van der Waals surface area contributed by atoms with Crippen LogP contribution in [-0.4, -0.2) is 65.2 Å². The lowest BCUT2D eigenvalue weighted by Crippen LogP contribution is -2.41. The zero-order valence-electron chi connectivity index (χ0n) is 19.8. The van der Waals surface area contributed by atoms with Crippen LogP contribution >= 0.6 is 11.6 Å². The fourth-order valence-electron chi connectivity index (χ4n) is 3.82.